The zero-order chi connectivity index (χ0) is 18.7. The summed E-state index contributed by atoms with van der Waals surface area (Å²) in [5.74, 6) is 1.13. The van der Waals surface area contributed by atoms with Gasteiger partial charge in [-0.1, -0.05) is 0 Å². The molecule has 1 atom stereocenters. The second-order valence-electron chi connectivity index (χ2n) is 6.57. The first-order valence-corrected chi connectivity index (χ1v) is 8.86. The Morgan fingerprint density at radius 1 is 1.31 bits per heavy atom. The highest BCUT2D eigenvalue weighted by Crippen LogP contribution is 2.30. The predicted octanol–water partition coefficient (Wildman–Crippen LogP) is 1.93. The van der Waals surface area contributed by atoms with Gasteiger partial charge in [-0.05, 0) is 44.5 Å². The smallest absolute Gasteiger partial charge is 0.254 e. The van der Waals surface area contributed by atoms with E-state index in [4.69, 9.17) is 15.2 Å². The number of methoxy groups -OCH3 is 1. The van der Waals surface area contributed by atoms with Gasteiger partial charge in [0.1, 0.15) is 6.61 Å². The van der Waals surface area contributed by atoms with Crippen LogP contribution in [0, 0.1) is 13.8 Å². The third-order valence-corrected chi connectivity index (χ3v) is 4.63. The number of ether oxygens (including phenoxy) is 2. The Kier molecular flexibility index (Phi) is 5.46. The number of carbonyl (C=O) groups is 1. The number of nitrogens with zero attached hydrogens (tertiary/aromatic N) is 3. The van der Waals surface area contributed by atoms with Crippen molar-refractivity contribution in [2.24, 2.45) is 5.73 Å². The molecule has 0 radical (unpaired) electrons. The summed E-state index contributed by atoms with van der Waals surface area (Å²) in [7, 11) is 1.58. The maximum Gasteiger partial charge on any atom is 0.254 e. The third kappa shape index (κ3) is 3.67. The summed E-state index contributed by atoms with van der Waals surface area (Å²) in [5.41, 5.74) is 8.22. The van der Waals surface area contributed by atoms with Crippen LogP contribution in [0.4, 0.5) is 0 Å². The molecule has 0 aliphatic carbocycles. The topological polar surface area (TPSA) is 82.6 Å². The monoisotopic (exact) mass is 358 g/mol. The summed E-state index contributed by atoms with van der Waals surface area (Å²) < 4.78 is 12.9. The second-order valence-corrected chi connectivity index (χ2v) is 6.57. The van der Waals surface area contributed by atoms with Gasteiger partial charge >= 0.3 is 0 Å². The highest BCUT2D eigenvalue weighted by molar-refractivity contribution is 5.95. The molecule has 7 nitrogen and oxygen atoms in total. The summed E-state index contributed by atoms with van der Waals surface area (Å²) in [6.45, 7) is 6.19. The molecule has 0 spiro atoms. The molecule has 140 valence electrons. The van der Waals surface area contributed by atoms with Crippen molar-refractivity contribution in [3.05, 3.63) is 41.2 Å². The summed E-state index contributed by atoms with van der Waals surface area (Å²) in [6, 6.07) is 7.54. The van der Waals surface area contributed by atoms with Crippen LogP contribution < -0.4 is 15.2 Å². The lowest BCUT2D eigenvalue weighted by Crippen LogP contribution is -2.29. The number of aromatic nitrogens is 2. The molecule has 1 amide bonds. The number of benzene rings is 1. The first-order valence-electron chi connectivity index (χ1n) is 8.86. The summed E-state index contributed by atoms with van der Waals surface area (Å²) in [5, 5.41) is 4.56. The summed E-state index contributed by atoms with van der Waals surface area (Å²) in [4.78, 5) is 14.8. The zero-order valence-electron chi connectivity index (χ0n) is 15.6. The number of likely N-dealkylation sites (tertiary alicyclic amines) is 1. The maximum atomic E-state index is 12.9. The van der Waals surface area contributed by atoms with Gasteiger partial charge in [0, 0.05) is 30.9 Å². The molecule has 1 aliphatic heterocycles. The van der Waals surface area contributed by atoms with Gasteiger partial charge in [0.05, 0.1) is 18.8 Å². The molecule has 1 fully saturated rings. The molecule has 26 heavy (non-hydrogen) atoms. The van der Waals surface area contributed by atoms with Gasteiger partial charge in [-0.3, -0.25) is 9.48 Å². The van der Waals surface area contributed by atoms with Crippen LogP contribution in [0.2, 0.25) is 0 Å². The molecule has 1 aliphatic rings. The van der Waals surface area contributed by atoms with E-state index in [1.54, 1.807) is 25.3 Å². The van der Waals surface area contributed by atoms with Crippen LogP contribution in [0.15, 0.2) is 24.3 Å². The summed E-state index contributed by atoms with van der Waals surface area (Å²) >= 11 is 0. The summed E-state index contributed by atoms with van der Waals surface area (Å²) in [6.07, 6.45) is 0.903. The van der Waals surface area contributed by atoms with Crippen LogP contribution in [-0.4, -0.2) is 53.9 Å². The van der Waals surface area contributed by atoms with E-state index in [0.717, 1.165) is 17.8 Å². The standard InChI is InChI=1S/C19H26N4O3/c1-13-10-14(2)23(21-13)16-6-8-22(12-16)19(24)15-4-5-17(25-3)18(11-15)26-9-7-20/h4-5,10-11,16H,6-9,12,20H2,1-3H3/t16-/m1/s1. The number of nitrogens with two attached hydrogens (primary N) is 1. The van der Waals surface area contributed by atoms with Crippen LogP contribution in [-0.2, 0) is 0 Å². The molecule has 2 heterocycles. The largest absolute Gasteiger partial charge is 0.493 e. The Bertz CT molecular complexity index is 787. The molecular formula is C19H26N4O3. The second kappa shape index (κ2) is 7.78. The Morgan fingerprint density at radius 2 is 2.12 bits per heavy atom. The van der Waals surface area contributed by atoms with Crippen molar-refractivity contribution in [3.63, 3.8) is 0 Å². The van der Waals surface area contributed by atoms with Gasteiger partial charge < -0.3 is 20.1 Å². The van der Waals surface area contributed by atoms with Crippen molar-refractivity contribution in [1.29, 1.82) is 0 Å². The fourth-order valence-electron chi connectivity index (χ4n) is 3.42. The lowest BCUT2D eigenvalue weighted by atomic mass is 10.1. The number of hydrogen-bond donors (Lipinski definition) is 1. The van der Waals surface area contributed by atoms with Gasteiger partial charge in [0.2, 0.25) is 0 Å². The van der Waals surface area contributed by atoms with Crippen molar-refractivity contribution in [2.75, 3.05) is 33.4 Å². The number of amides is 1. The number of aryl methyl sites for hydroxylation is 2. The Labute approximate surface area is 153 Å². The minimum absolute atomic E-state index is 0.00529. The van der Waals surface area contributed by atoms with Gasteiger partial charge in [-0.15, -0.1) is 0 Å². The van der Waals surface area contributed by atoms with Gasteiger partial charge in [-0.25, -0.2) is 0 Å². The molecule has 3 rings (SSSR count). The number of carbonyl (C=O) groups excluding carboxylic acids is 1. The van der Waals surface area contributed by atoms with E-state index in [0.29, 0.717) is 43.3 Å². The molecule has 7 heteroatoms. The van der Waals surface area contributed by atoms with E-state index >= 15 is 0 Å². The maximum absolute atomic E-state index is 12.9. The van der Waals surface area contributed by atoms with Gasteiger partial charge in [0.25, 0.3) is 5.91 Å². The van der Waals surface area contributed by atoms with E-state index in [2.05, 4.69) is 18.1 Å². The fraction of sp³-hybridized carbons (Fsp3) is 0.474. The molecule has 1 aromatic carbocycles. The molecule has 0 unspecified atom stereocenters. The van der Waals surface area contributed by atoms with E-state index in [-0.39, 0.29) is 11.9 Å². The molecule has 2 N–H and O–H groups in total. The van der Waals surface area contributed by atoms with E-state index < -0.39 is 0 Å². The van der Waals surface area contributed by atoms with E-state index in [9.17, 15) is 4.79 Å². The quantitative estimate of drug-likeness (QED) is 0.853. The minimum atomic E-state index is -0.00529. The molecule has 1 aromatic heterocycles. The van der Waals surface area contributed by atoms with Crippen LogP contribution >= 0.6 is 0 Å². The van der Waals surface area contributed by atoms with Crippen LogP contribution in [0.5, 0.6) is 11.5 Å². The minimum Gasteiger partial charge on any atom is -0.493 e. The van der Waals surface area contributed by atoms with Crippen molar-refractivity contribution < 1.29 is 14.3 Å². The Hall–Kier alpha value is -2.54. The third-order valence-electron chi connectivity index (χ3n) is 4.63. The average Bonchev–Trinajstić information content (AvgIpc) is 3.25. The first kappa shape index (κ1) is 18.3. The molecule has 0 saturated carbocycles. The molecule has 0 bridgehead atoms. The Balaban J connectivity index is 1.74. The zero-order valence-corrected chi connectivity index (χ0v) is 15.6. The van der Waals surface area contributed by atoms with Gasteiger partial charge in [0.15, 0.2) is 11.5 Å². The number of rotatable bonds is 6. The van der Waals surface area contributed by atoms with E-state index in [1.807, 2.05) is 16.5 Å². The highest BCUT2D eigenvalue weighted by atomic mass is 16.5. The average molecular weight is 358 g/mol. The molecular weight excluding hydrogens is 332 g/mol. The molecule has 2 aromatic rings. The first-order chi connectivity index (χ1) is 12.5. The number of hydrogen-bond acceptors (Lipinski definition) is 5. The fourth-order valence-corrected chi connectivity index (χ4v) is 3.42. The van der Waals surface area contributed by atoms with Crippen molar-refractivity contribution in [2.45, 2.75) is 26.3 Å². The lowest BCUT2D eigenvalue weighted by molar-refractivity contribution is 0.0786. The van der Waals surface area contributed by atoms with E-state index in [1.165, 1.54) is 0 Å². The van der Waals surface area contributed by atoms with Crippen molar-refractivity contribution in [1.82, 2.24) is 14.7 Å². The van der Waals surface area contributed by atoms with Crippen molar-refractivity contribution >= 4 is 5.91 Å². The van der Waals surface area contributed by atoms with Crippen LogP contribution in [0.1, 0.15) is 34.2 Å². The lowest BCUT2D eigenvalue weighted by Gasteiger charge is -2.18. The Morgan fingerprint density at radius 3 is 2.77 bits per heavy atom. The SMILES string of the molecule is COc1ccc(C(=O)N2CC[C@@H](n3nc(C)cc3C)C2)cc1OCCN. The highest BCUT2D eigenvalue weighted by Gasteiger charge is 2.29. The van der Waals surface area contributed by atoms with Gasteiger partial charge in [-0.2, -0.15) is 5.10 Å². The van der Waals surface area contributed by atoms with Crippen molar-refractivity contribution in [3.8, 4) is 11.5 Å². The van der Waals surface area contributed by atoms with Crippen LogP contribution in [0.3, 0.4) is 0 Å². The normalized spacial score (nSPS) is 16.8. The predicted molar refractivity (Wildman–Crippen MR) is 98.8 cm³/mol. The molecule has 1 saturated heterocycles. The van der Waals surface area contributed by atoms with Crippen LogP contribution in [0.25, 0.3) is 0 Å².